The number of hydrogen-bond acceptors (Lipinski definition) is 2. The van der Waals surface area contributed by atoms with Crippen LogP contribution in [0.2, 0.25) is 0 Å². The molecule has 2 nitrogen and oxygen atoms in total. The van der Waals surface area contributed by atoms with E-state index in [4.69, 9.17) is 0 Å². The summed E-state index contributed by atoms with van der Waals surface area (Å²) < 4.78 is 52.0. The molecule has 2 aromatic rings. The lowest BCUT2D eigenvalue weighted by Crippen LogP contribution is -2.05. The van der Waals surface area contributed by atoms with E-state index in [0.29, 0.717) is 5.69 Å². The highest BCUT2D eigenvalue weighted by molar-refractivity contribution is 5.60. The lowest BCUT2D eigenvalue weighted by Gasteiger charge is -2.08. The number of nitrogens with zero attached hydrogens (tertiary/aromatic N) is 1. The van der Waals surface area contributed by atoms with Crippen molar-refractivity contribution in [3.05, 3.63) is 53.9 Å². The second-order valence-corrected chi connectivity index (χ2v) is 3.19. The Morgan fingerprint density at radius 2 is 1.35 bits per heavy atom. The summed E-state index contributed by atoms with van der Waals surface area (Å²) >= 11 is 0. The lowest BCUT2D eigenvalue weighted by atomic mass is 10.3. The second kappa shape index (κ2) is 4.40. The van der Waals surface area contributed by atoms with Gasteiger partial charge >= 0.3 is 0 Å². The molecule has 6 heteroatoms. The van der Waals surface area contributed by atoms with Crippen molar-refractivity contribution in [1.82, 2.24) is 4.98 Å². The lowest BCUT2D eigenvalue weighted by molar-refractivity contribution is 0.411. The molecule has 1 aromatic carbocycles. The number of rotatable bonds is 2. The normalized spacial score (nSPS) is 10.4. The molecule has 0 bridgehead atoms. The molecule has 0 unspecified atom stereocenters. The molecule has 0 aliphatic heterocycles. The molecule has 17 heavy (non-hydrogen) atoms. The first-order chi connectivity index (χ1) is 8.09. The van der Waals surface area contributed by atoms with Crippen LogP contribution in [0, 0.1) is 23.5 Å². The third kappa shape index (κ3) is 2.20. The molecule has 88 valence electrons. The van der Waals surface area contributed by atoms with Crippen LogP contribution < -0.4 is 5.32 Å². The zero-order chi connectivity index (χ0) is 12.4. The molecule has 0 amide bonds. The first-order valence-corrected chi connectivity index (χ1v) is 4.61. The van der Waals surface area contributed by atoms with Crippen molar-refractivity contribution < 1.29 is 17.6 Å². The third-order valence-corrected chi connectivity index (χ3v) is 2.04. The van der Waals surface area contributed by atoms with Gasteiger partial charge < -0.3 is 5.32 Å². The summed E-state index contributed by atoms with van der Waals surface area (Å²) in [6.45, 7) is 0. The van der Waals surface area contributed by atoms with Gasteiger partial charge in [-0.3, -0.25) is 0 Å². The summed E-state index contributed by atoms with van der Waals surface area (Å²) in [5, 5.41) is 2.25. The van der Waals surface area contributed by atoms with E-state index in [1.807, 2.05) is 0 Å². The predicted octanol–water partition coefficient (Wildman–Crippen LogP) is 3.38. The largest absolute Gasteiger partial charge is 0.350 e. The van der Waals surface area contributed by atoms with Gasteiger partial charge in [0.05, 0.1) is 0 Å². The number of benzene rings is 1. The molecule has 1 aromatic heterocycles. The molecule has 0 radical (unpaired) electrons. The third-order valence-electron chi connectivity index (χ3n) is 2.04. The molecule has 0 spiro atoms. The molecule has 0 saturated heterocycles. The molecule has 0 fully saturated rings. The second-order valence-electron chi connectivity index (χ2n) is 3.19. The topological polar surface area (TPSA) is 24.9 Å². The number of halogens is 4. The van der Waals surface area contributed by atoms with Gasteiger partial charge in [-0.2, -0.15) is 22.5 Å². The Morgan fingerprint density at radius 3 is 1.88 bits per heavy atom. The summed E-state index contributed by atoms with van der Waals surface area (Å²) in [5.74, 6) is -6.51. The predicted molar refractivity (Wildman–Crippen MR) is 53.8 cm³/mol. The fraction of sp³-hybridized carbons (Fsp3) is 0. The highest BCUT2D eigenvalue weighted by Gasteiger charge is 2.20. The van der Waals surface area contributed by atoms with Crippen LogP contribution in [0.25, 0.3) is 0 Å². The van der Waals surface area contributed by atoms with Crippen LogP contribution >= 0.6 is 0 Å². The Hall–Kier alpha value is -2.11. The van der Waals surface area contributed by atoms with Gasteiger partial charge in [-0.1, -0.05) is 18.2 Å². The Labute approximate surface area is 93.9 Å². The molecule has 1 heterocycles. The smallest absolute Gasteiger partial charge is 0.253 e. The maximum Gasteiger partial charge on any atom is 0.253 e. The fourth-order valence-corrected chi connectivity index (χ4v) is 1.26. The van der Waals surface area contributed by atoms with Gasteiger partial charge in [0.1, 0.15) is 5.69 Å². The zero-order valence-electron chi connectivity index (χ0n) is 8.35. The van der Waals surface area contributed by atoms with E-state index in [9.17, 15) is 17.6 Å². The zero-order valence-corrected chi connectivity index (χ0v) is 8.35. The number of anilines is 2. The van der Waals surface area contributed by atoms with Crippen molar-refractivity contribution >= 4 is 11.4 Å². The van der Waals surface area contributed by atoms with E-state index in [1.54, 1.807) is 18.2 Å². The standard InChI is InChI=1S/C11H6F4N2/c12-7-9(8(13)11(15)17-10(7)14)16-6-4-2-1-3-5-6/h1-5H,(H,16,17). The Morgan fingerprint density at radius 1 is 0.824 bits per heavy atom. The number of nitrogens with one attached hydrogen (secondary N) is 1. The minimum absolute atomic E-state index is 0.301. The van der Waals surface area contributed by atoms with Gasteiger partial charge in [0.15, 0.2) is 0 Å². The summed E-state index contributed by atoms with van der Waals surface area (Å²) in [6, 6.07) is 7.88. The Kier molecular flexibility index (Phi) is 2.95. The van der Waals surface area contributed by atoms with Gasteiger partial charge in [-0.15, -0.1) is 0 Å². The maximum atomic E-state index is 13.2. The fourth-order valence-electron chi connectivity index (χ4n) is 1.26. The van der Waals surface area contributed by atoms with Crippen LogP contribution in [0.3, 0.4) is 0 Å². The average Bonchev–Trinajstić information content (AvgIpc) is 2.33. The number of pyridine rings is 1. The minimum atomic E-state index is -1.69. The van der Waals surface area contributed by atoms with Gasteiger partial charge in [0, 0.05) is 5.69 Å². The van der Waals surface area contributed by atoms with E-state index < -0.39 is 29.2 Å². The van der Waals surface area contributed by atoms with E-state index in [2.05, 4.69) is 10.3 Å². The summed E-state index contributed by atoms with van der Waals surface area (Å²) in [4.78, 5) is 2.45. The van der Waals surface area contributed by atoms with Crippen LogP contribution in [0.15, 0.2) is 30.3 Å². The molecule has 0 saturated carbocycles. The quantitative estimate of drug-likeness (QED) is 0.645. The van der Waals surface area contributed by atoms with Gasteiger partial charge in [-0.25, -0.2) is 0 Å². The van der Waals surface area contributed by atoms with E-state index in [1.165, 1.54) is 12.1 Å². The molecule has 0 aliphatic rings. The Bertz CT molecular complexity index is 517. The van der Waals surface area contributed by atoms with E-state index in [0.717, 1.165) is 0 Å². The number of hydrogen-bond donors (Lipinski definition) is 1. The van der Waals surface area contributed by atoms with Crippen LogP contribution in [0.5, 0.6) is 0 Å². The monoisotopic (exact) mass is 242 g/mol. The highest BCUT2D eigenvalue weighted by Crippen LogP contribution is 2.25. The van der Waals surface area contributed by atoms with Crippen LogP contribution in [0.1, 0.15) is 0 Å². The number of para-hydroxylation sites is 1. The van der Waals surface area contributed by atoms with Crippen LogP contribution in [-0.4, -0.2) is 4.98 Å². The van der Waals surface area contributed by atoms with E-state index >= 15 is 0 Å². The van der Waals surface area contributed by atoms with Crippen LogP contribution in [-0.2, 0) is 0 Å². The van der Waals surface area contributed by atoms with E-state index in [-0.39, 0.29) is 0 Å². The van der Waals surface area contributed by atoms with Crippen LogP contribution in [0.4, 0.5) is 28.9 Å². The molecule has 2 rings (SSSR count). The number of aromatic nitrogens is 1. The molecular formula is C11H6F4N2. The summed E-state index contributed by atoms with van der Waals surface area (Å²) in [5.41, 5.74) is -0.600. The summed E-state index contributed by atoms with van der Waals surface area (Å²) in [7, 11) is 0. The highest BCUT2D eigenvalue weighted by atomic mass is 19.2. The van der Waals surface area contributed by atoms with Crippen molar-refractivity contribution in [2.24, 2.45) is 0 Å². The van der Waals surface area contributed by atoms with Gasteiger partial charge in [0.2, 0.25) is 11.6 Å². The molecule has 0 aliphatic carbocycles. The van der Waals surface area contributed by atoms with Crippen molar-refractivity contribution in [3.63, 3.8) is 0 Å². The van der Waals surface area contributed by atoms with Crippen molar-refractivity contribution in [2.75, 3.05) is 5.32 Å². The van der Waals surface area contributed by atoms with Crippen molar-refractivity contribution in [3.8, 4) is 0 Å². The Balaban J connectivity index is 2.46. The molecular weight excluding hydrogens is 236 g/mol. The van der Waals surface area contributed by atoms with Crippen molar-refractivity contribution in [1.29, 1.82) is 0 Å². The maximum absolute atomic E-state index is 13.2. The van der Waals surface area contributed by atoms with Gasteiger partial charge in [0.25, 0.3) is 11.9 Å². The molecule has 1 N–H and O–H groups in total. The minimum Gasteiger partial charge on any atom is -0.350 e. The first-order valence-electron chi connectivity index (χ1n) is 4.61. The molecule has 0 atom stereocenters. The van der Waals surface area contributed by atoms with Crippen molar-refractivity contribution in [2.45, 2.75) is 0 Å². The van der Waals surface area contributed by atoms with Gasteiger partial charge in [-0.05, 0) is 12.1 Å². The SMILES string of the molecule is Fc1nc(F)c(F)c(Nc2ccccc2)c1F. The first kappa shape index (κ1) is 11.4. The average molecular weight is 242 g/mol. The summed E-state index contributed by atoms with van der Waals surface area (Å²) in [6.07, 6.45) is 0.